The first-order chi connectivity index (χ1) is 8.40. The van der Waals surface area contributed by atoms with Crippen LogP contribution in [0, 0.1) is 6.92 Å². The zero-order chi connectivity index (χ0) is 13.4. The maximum absolute atomic E-state index is 10.9. The van der Waals surface area contributed by atoms with E-state index in [1.165, 1.54) is 13.0 Å². The molecule has 0 radical (unpaired) electrons. The van der Waals surface area contributed by atoms with Gasteiger partial charge in [0.25, 0.3) is 0 Å². The van der Waals surface area contributed by atoms with Gasteiger partial charge in [0, 0.05) is 23.9 Å². The standard InChI is InChI=1S/C12H9BrO5/c1-5-7-3-8(13)10(17-6(2)14)4-9(7)18-11(5)12(15)16/h3-4H,1-2H3,(H,15,16). The van der Waals surface area contributed by atoms with E-state index in [-0.39, 0.29) is 5.76 Å². The molecule has 1 N–H and O–H groups in total. The molecular weight excluding hydrogens is 304 g/mol. The van der Waals surface area contributed by atoms with Gasteiger partial charge in [0.15, 0.2) is 0 Å². The number of carboxylic acid groups (broad SMARTS) is 1. The third-order valence-corrected chi connectivity index (χ3v) is 3.06. The number of aromatic carboxylic acids is 1. The molecule has 0 amide bonds. The molecule has 1 heterocycles. The highest BCUT2D eigenvalue weighted by atomic mass is 79.9. The smallest absolute Gasteiger partial charge is 0.372 e. The van der Waals surface area contributed by atoms with Gasteiger partial charge in [-0.1, -0.05) is 0 Å². The monoisotopic (exact) mass is 312 g/mol. The van der Waals surface area contributed by atoms with Crippen molar-refractivity contribution in [2.24, 2.45) is 0 Å². The third-order valence-electron chi connectivity index (χ3n) is 2.44. The van der Waals surface area contributed by atoms with E-state index in [1.807, 2.05) is 0 Å². The van der Waals surface area contributed by atoms with E-state index in [2.05, 4.69) is 15.9 Å². The molecule has 0 spiro atoms. The second-order valence-corrected chi connectivity index (χ2v) is 4.59. The Bertz CT molecular complexity index is 656. The molecule has 0 atom stereocenters. The molecule has 0 saturated carbocycles. The Hall–Kier alpha value is -1.82. The molecule has 0 aliphatic carbocycles. The van der Waals surface area contributed by atoms with Crippen molar-refractivity contribution in [1.82, 2.24) is 0 Å². The second-order valence-electron chi connectivity index (χ2n) is 3.73. The zero-order valence-corrected chi connectivity index (χ0v) is 11.2. The minimum atomic E-state index is -1.13. The van der Waals surface area contributed by atoms with E-state index in [1.54, 1.807) is 13.0 Å². The molecule has 0 saturated heterocycles. The van der Waals surface area contributed by atoms with Crippen LogP contribution in [0.2, 0.25) is 0 Å². The lowest BCUT2D eigenvalue weighted by atomic mass is 10.1. The first-order valence-electron chi connectivity index (χ1n) is 5.04. The number of furan rings is 1. The van der Waals surface area contributed by atoms with Gasteiger partial charge in [-0.3, -0.25) is 4.79 Å². The summed E-state index contributed by atoms with van der Waals surface area (Å²) in [6, 6.07) is 3.15. The van der Waals surface area contributed by atoms with Crippen LogP contribution in [0.4, 0.5) is 0 Å². The lowest BCUT2D eigenvalue weighted by Gasteiger charge is -2.03. The van der Waals surface area contributed by atoms with Crippen molar-refractivity contribution < 1.29 is 23.8 Å². The van der Waals surface area contributed by atoms with E-state index < -0.39 is 11.9 Å². The van der Waals surface area contributed by atoms with Crippen LogP contribution in [0.25, 0.3) is 11.0 Å². The van der Waals surface area contributed by atoms with E-state index in [4.69, 9.17) is 14.3 Å². The number of halogens is 1. The molecule has 0 fully saturated rings. The number of ether oxygens (including phenoxy) is 1. The number of fused-ring (bicyclic) bond motifs is 1. The van der Waals surface area contributed by atoms with E-state index >= 15 is 0 Å². The number of carbonyl (C=O) groups excluding carboxylic acids is 1. The molecule has 1 aromatic carbocycles. The number of hydrogen-bond acceptors (Lipinski definition) is 4. The van der Waals surface area contributed by atoms with Crippen molar-refractivity contribution in [1.29, 1.82) is 0 Å². The fraction of sp³-hybridized carbons (Fsp3) is 0.167. The van der Waals surface area contributed by atoms with Crippen LogP contribution in [0.1, 0.15) is 23.0 Å². The normalized spacial score (nSPS) is 10.6. The fourth-order valence-electron chi connectivity index (χ4n) is 1.66. The largest absolute Gasteiger partial charge is 0.475 e. The van der Waals surface area contributed by atoms with Crippen LogP contribution in [-0.4, -0.2) is 17.0 Å². The van der Waals surface area contributed by atoms with Gasteiger partial charge in [0.05, 0.1) is 4.47 Å². The molecule has 5 nitrogen and oxygen atoms in total. The Morgan fingerprint density at radius 2 is 2.06 bits per heavy atom. The van der Waals surface area contributed by atoms with Gasteiger partial charge in [-0.05, 0) is 28.9 Å². The van der Waals surface area contributed by atoms with Crippen molar-refractivity contribution in [3.63, 3.8) is 0 Å². The third kappa shape index (κ3) is 2.11. The molecular formula is C12H9BrO5. The van der Waals surface area contributed by atoms with Gasteiger partial charge in [-0.15, -0.1) is 0 Å². The van der Waals surface area contributed by atoms with Crippen LogP contribution < -0.4 is 4.74 Å². The lowest BCUT2D eigenvalue weighted by Crippen LogP contribution is -2.01. The molecule has 0 unspecified atom stereocenters. The Kier molecular flexibility index (Phi) is 3.13. The van der Waals surface area contributed by atoms with Gasteiger partial charge >= 0.3 is 11.9 Å². The first kappa shape index (κ1) is 12.6. The van der Waals surface area contributed by atoms with Crippen molar-refractivity contribution >= 4 is 38.8 Å². The van der Waals surface area contributed by atoms with Gasteiger partial charge in [-0.2, -0.15) is 0 Å². The summed E-state index contributed by atoms with van der Waals surface area (Å²) >= 11 is 3.26. The summed E-state index contributed by atoms with van der Waals surface area (Å²) in [6.07, 6.45) is 0. The Balaban J connectivity index is 2.65. The molecule has 2 aromatic rings. The molecule has 18 heavy (non-hydrogen) atoms. The molecule has 0 aliphatic heterocycles. The Morgan fingerprint density at radius 1 is 1.39 bits per heavy atom. The lowest BCUT2D eigenvalue weighted by molar-refractivity contribution is -0.131. The van der Waals surface area contributed by atoms with Gasteiger partial charge in [0.2, 0.25) is 5.76 Å². The predicted molar refractivity (Wildman–Crippen MR) is 66.9 cm³/mol. The molecule has 1 aromatic heterocycles. The fourth-order valence-corrected chi connectivity index (χ4v) is 2.08. The quantitative estimate of drug-likeness (QED) is 0.681. The highest BCUT2D eigenvalue weighted by Gasteiger charge is 2.18. The number of aryl methyl sites for hydroxylation is 1. The van der Waals surface area contributed by atoms with Crippen LogP contribution in [0.3, 0.4) is 0 Å². The van der Waals surface area contributed by atoms with E-state index in [0.717, 1.165) is 0 Å². The maximum atomic E-state index is 10.9. The summed E-state index contributed by atoms with van der Waals surface area (Å²) in [5.74, 6) is -1.41. The molecule has 94 valence electrons. The average Bonchev–Trinajstić information content (AvgIpc) is 2.56. The summed E-state index contributed by atoms with van der Waals surface area (Å²) < 4.78 is 10.8. The van der Waals surface area contributed by atoms with E-state index in [0.29, 0.717) is 26.8 Å². The zero-order valence-electron chi connectivity index (χ0n) is 9.61. The first-order valence-corrected chi connectivity index (χ1v) is 5.84. The summed E-state index contributed by atoms with van der Waals surface area (Å²) in [7, 11) is 0. The topological polar surface area (TPSA) is 76.7 Å². The van der Waals surface area contributed by atoms with Crippen molar-refractivity contribution in [2.45, 2.75) is 13.8 Å². The summed E-state index contributed by atoms with van der Waals surface area (Å²) in [6.45, 7) is 2.94. The van der Waals surface area contributed by atoms with Crippen molar-refractivity contribution in [3.05, 3.63) is 27.9 Å². The van der Waals surface area contributed by atoms with E-state index in [9.17, 15) is 9.59 Å². The number of rotatable bonds is 2. The Labute approximate surface area is 110 Å². The molecule has 0 bridgehead atoms. The summed E-state index contributed by atoms with van der Waals surface area (Å²) in [5.41, 5.74) is 0.900. The molecule has 2 rings (SSSR count). The predicted octanol–water partition coefficient (Wildman–Crippen LogP) is 3.13. The van der Waals surface area contributed by atoms with Crippen molar-refractivity contribution in [3.8, 4) is 5.75 Å². The molecule has 0 aliphatic rings. The summed E-state index contributed by atoms with van der Waals surface area (Å²) in [4.78, 5) is 21.9. The number of carboxylic acids is 1. The molecule has 6 heteroatoms. The van der Waals surface area contributed by atoms with Crippen LogP contribution in [-0.2, 0) is 4.79 Å². The van der Waals surface area contributed by atoms with Crippen LogP contribution in [0.5, 0.6) is 5.75 Å². The SMILES string of the molecule is CC(=O)Oc1cc2oc(C(=O)O)c(C)c2cc1Br. The summed E-state index contributed by atoms with van der Waals surface area (Å²) in [5, 5.41) is 9.62. The number of hydrogen-bond donors (Lipinski definition) is 1. The second kappa shape index (κ2) is 4.45. The van der Waals surface area contributed by atoms with Crippen LogP contribution >= 0.6 is 15.9 Å². The highest BCUT2D eigenvalue weighted by molar-refractivity contribution is 9.10. The number of carbonyl (C=O) groups is 2. The minimum absolute atomic E-state index is 0.114. The average molecular weight is 313 g/mol. The number of benzene rings is 1. The maximum Gasteiger partial charge on any atom is 0.372 e. The van der Waals surface area contributed by atoms with Gasteiger partial charge in [-0.25, -0.2) is 4.79 Å². The van der Waals surface area contributed by atoms with Crippen molar-refractivity contribution in [2.75, 3.05) is 0 Å². The van der Waals surface area contributed by atoms with Gasteiger partial charge in [0.1, 0.15) is 11.3 Å². The number of esters is 1. The van der Waals surface area contributed by atoms with Crippen LogP contribution in [0.15, 0.2) is 21.0 Å². The minimum Gasteiger partial charge on any atom is -0.475 e. The Morgan fingerprint density at radius 3 is 2.61 bits per heavy atom. The van der Waals surface area contributed by atoms with Gasteiger partial charge < -0.3 is 14.3 Å². The highest BCUT2D eigenvalue weighted by Crippen LogP contribution is 2.34.